The summed E-state index contributed by atoms with van der Waals surface area (Å²) < 4.78 is 1.20. The van der Waals surface area contributed by atoms with Gasteiger partial charge in [0.25, 0.3) is 0 Å². The van der Waals surface area contributed by atoms with E-state index < -0.39 is 0 Å². The average Bonchev–Trinajstić information content (AvgIpc) is 2.47. The number of benzene rings is 1. The smallest absolute Gasteiger partial charge is 0.0707 e. The van der Waals surface area contributed by atoms with Gasteiger partial charge in [0.1, 0.15) is 0 Å². The minimum Gasteiger partial charge on any atom is -0.128 e. The third kappa shape index (κ3) is 1.84. The molecule has 0 bridgehead atoms. The van der Waals surface area contributed by atoms with Crippen molar-refractivity contribution in [3.63, 3.8) is 0 Å². The molecule has 2 heteroatoms. The van der Waals surface area contributed by atoms with Crippen molar-refractivity contribution in [2.24, 2.45) is 0 Å². The van der Waals surface area contributed by atoms with Crippen molar-refractivity contribution in [2.45, 2.75) is 6.92 Å². The Bertz CT molecular complexity index is 403. The number of thiophene rings is 1. The maximum Gasteiger partial charge on any atom is 0.0707 e. The second-order valence-corrected chi connectivity index (χ2v) is 5.36. The molecule has 13 heavy (non-hydrogen) atoms. The summed E-state index contributed by atoms with van der Waals surface area (Å²) in [5.74, 6) is 0. The summed E-state index contributed by atoms with van der Waals surface area (Å²) in [6.07, 6.45) is 0. The van der Waals surface area contributed by atoms with Crippen molar-refractivity contribution in [2.75, 3.05) is 0 Å². The van der Waals surface area contributed by atoms with Gasteiger partial charge in [0.15, 0.2) is 0 Å². The Hall–Kier alpha value is -0.600. The van der Waals surface area contributed by atoms with Crippen LogP contribution in [-0.2, 0) is 0 Å². The normalized spacial score (nSPS) is 10.3. The van der Waals surface area contributed by atoms with Crippen molar-refractivity contribution < 1.29 is 0 Å². The fraction of sp³-hybridized carbons (Fsp3) is 0.0909. The van der Waals surface area contributed by atoms with E-state index in [-0.39, 0.29) is 0 Å². The maximum atomic E-state index is 3.50. The number of halogens is 1. The third-order valence-corrected chi connectivity index (χ3v) is 3.71. The SMILES string of the molecule is Cc1cc(Br)sc1-c1ccccc1. The summed E-state index contributed by atoms with van der Waals surface area (Å²) in [5, 5.41) is 0. The summed E-state index contributed by atoms with van der Waals surface area (Å²) in [6.45, 7) is 2.14. The quantitative estimate of drug-likeness (QED) is 0.702. The van der Waals surface area contributed by atoms with Crippen LogP contribution in [0.3, 0.4) is 0 Å². The van der Waals surface area contributed by atoms with Crippen LogP contribution in [0, 0.1) is 6.92 Å². The van der Waals surface area contributed by atoms with Crippen LogP contribution in [0.5, 0.6) is 0 Å². The first kappa shape index (κ1) is 8.97. The van der Waals surface area contributed by atoms with E-state index in [1.54, 1.807) is 11.3 Å². The molecule has 0 N–H and O–H groups in total. The summed E-state index contributed by atoms with van der Waals surface area (Å²) in [4.78, 5) is 1.35. The van der Waals surface area contributed by atoms with Crippen LogP contribution in [0.15, 0.2) is 40.2 Å². The number of hydrogen-bond acceptors (Lipinski definition) is 1. The molecule has 0 unspecified atom stereocenters. The minimum atomic E-state index is 1.20. The first-order chi connectivity index (χ1) is 6.27. The van der Waals surface area contributed by atoms with Crippen LogP contribution in [0.1, 0.15) is 5.56 Å². The van der Waals surface area contributed by atoms with E-state index in [1.165, 1.54) is 19.8 Å². The predicted octanol–water partition coefficient (Wildman–Crippen LogP) is 4.49. The van der Waals surface area contributed by atoms with Crippen molar-refractivity contribution in [3.05, 3.63) is 45.7 Å². The number of aryl methyl sites for hydroxylation is 1. The molecule has 0 radical (unpaired) electrons. The van der Waals surface area contributed by atoms with Crippen molar-refractivity contribution >= 4 is 27.3 Å². The highest BCUT2D eigenvalue weighted by molar-refractivity contribution is 9.11. The molecule has 2 aromatic rings. The van der Waals surface area contributed by atoms with Crippen LogP contribution in [-0.4, -0.2) is 0 Å². The van der Waals surface area contributed by atoms with Gasteiger partial charge in [-0.2, -0.15) is 0 Å². The van der Waals surface area contributed by atoms with E-state index in [2.05, 4.69) is 53.2 Å². The zero-order valence-corrected chi connectivity index (χ0v) is 9.65. The topological polar surface area (TPSA) is 0 Å². The van der Waals surface area contributed by atoms with Gasteiger partial charge in [-0.1, -0.05) is 30.3 Å². The van der Waals surface area contributed by atoms with Gasteiger partial charge >= 0.3 is 0 Å². The first-order valence-corrected chi connectivity index (χ1v) is 5.69. The lowest BCUT2D eigenvalue weighted by atomic mass is 10.1. The molecule has 1 aromatic carbocycles. The molecule has 0 aliphatic rings. The summed E-state index contributed by atoms with van der Waals surface area (Å²) in [6, 6.07) is 12.6. The molecule has 0 saturated heterocycles. The molecule has 66 valence electrons. The average molecular weight is 253 g/mol. The Morgan fingerprint density at radius 1 is 1.15 bits per heavy atom. The van der Waals surface area contributed by atoms with Crippen LogP contribution in [0.25, 0.3) is 10.4 Å². The van der Waals surface area contributed by atoms with Gasteiger partial charge in [-0.3, -0.25) is 0 Å². The highest BCUT2D eigenvalue weighted by atomic mass is 79.9. The Labute approximate surface area is 90.4 Å². The molecule has 0 aliphatic heterocycles. The number of rotatable bonds is 1. The Morgan fingerprint density at radius 2 is 1.85 bits per heavy atom. The van der Waals surface area contributed by atoms with Crippen LogP contribution >= 0.6 is 27.3 Å². The molecule has 0 amide bonds. The van der Waals surface area contributed by atoms with Crippen LogP contribution in [0.2, 0.25) is 0 Å². The Kier molecular flexibility index (Phi) is 2.51. The molecular formula is C11H9BrS. The van der Waals surface area contributed by atoms with Crippen LogP contribution < -0.4 is 0 Å². The van der Waals surface area contributed by atoms with Crippen molar-refractivity contribution in [1.29, 1.82) is 0 Å². The lowest BCUT2D eigenvalue weighted by molar-refractivity contribution is 1.53. The second kappa shape index (κ2) is 3.64. The van der Waals surface area contributed by atoms with E-state index in [1.807, 2.05) is 6.07 Å². The standard InChI is InChI=1S/C11H9BrS/c1-8-7-10(12)13-11(8)9-5-3-2-4-6-9/h2-7H,1H3. The Balaban J connectivity index is 2.53. The first-order valence-electron chi connectivity index (χ1n) is 4.09. The van der Waals surface area contributed by atoms with Gasteiger partial charge in [-0.05, 0) is 40.0 Å². The van der Waals surface area contributed by atoms with E-state index in [9.17, 15) is 0 Å². The molecule has 0 atom stereocenters. The molecule has 1 aromatic heterocycles. The Morgan fingerprint density at radius 3 is 2.38 bits per heavy atom. The molecule has 0 spiro atoms. The van der Waals surface area contributed by atoms with Gasteiger partial charge in [0, 0.05) is 4.88 Å². The monoisotopic (exact) mass is 252 g/mol. The lowest BCUT2D eigenvalue weighted by Gasteiger charge is -1.97. The van der Waals surface area contributed by atoms with E-state index in [4.69, 9.17) is 0 Å². The summed E-state index contributed by atoms with van der Waals surface area (Å²) in [7, 11) is 0. The van der Waals surface area contributed by atoms with Crippen molar-refractivity contribution in [3.8, 4) is 10.4 Å². The number of hydrogen-bond donors (Lipinski definition) is 0. The van der Waals surface area contributed by atoms with E-state index >= 15 is 0 Å². The molecular weight excluding hydrogens is 244 g/mol. The third-order valence-electron chi connectivity index (χ3n) is 1.92. The van der Waals surface area contributed by atoms with Gasteiger partial charge < -0.3 is 0 Å². The largest absolute Gasteiger partial charge is 0.128 e. The molecule has 1 heterocycles. The highest BCUT2D eigenvalue weighted by Crippen LogP contribution is 2.34. The molecule has 0 saturated carbocycles. The summed E-state index contributed by atoms with van der Waals surface area (Å²) in [5.41, 5.74) is 2.64. The van der Waals surface area contributed by atoms with Gasteiger partial charge in [0.2, 0.25) is 0 Å². The molecule has 0 nitrogen and oxygen atoms in total. The highest BCUT2D eigenvalue weighted by Gasteiger charge is 2.04. The zero-order chi connectivity index (χ0) is 9.26. The van der Waals surface area contributed by atoms with Gasteiger partial charge in [-0.25, -0.2) is 0 Å². The van der Waals surface area contributed by atoms with Gasteiger partial charge in [0.05, 0.1) is 3.79 Å². The zero-order valence-electron chi connectivity index (χ0n) is 7.25. The molecule has 0 fully saturated rings. The minimum absolute atomic E-state index is 1.20. The fourth-order valence-corrected chi connectivity index (χ4v) is 3.05. The van der Waals surface area contributed by atoms with E-state index in [0.29, 0.717) is 0 Å². The van der Waals surface area contributed by atoms with Crippen molar-refractivity contribution in [1.82, 2.24) is 0 Å². The maximum absolute atomic E-state index is 3.50. The predicted molar refractivity (Wildman–Crippen MR) is 62.2 cm³/mol. The fourth-order valence-electron chi connectivity index (χ4n) is 1.32. The lowest BCUT2D eigenvalue weighted by Crippen LogP contribution is -1.72. The van der Waals surface area contributed by atoms with Gasteiger partial charge in [-0.15, -0.1) is 11.3 Å². The van der Waals surface area contributed by atoms with E-state index in [0.717, 1.165) is 0 Å². The second-order valence-electron chi connectivity index (χ2n) is 2.93. The molecule has 0 aliphatic carbocycles. The molecule has 2 rings (SSSR count). The van der Waals surface area contributed by atoms with Crippen LogP contribution in [0.4, 0.5) is 0 Å². The summed E-state index contributed by atoms with van der Waals surface area (Å²) >= 11 is 5.28.